The summed E-state index contributed by atoms with van der Waals surface area (Å²) in [4.78, 5) is 29.1. The Morgan fingerprint density at radius 1 is 1.00 bits per heavy atom. The smallest absolute Gasteiger partial charge is 0.253 e. The molecule has 0 unspecified atom stereocenters. The molecule has 0 radical (unpaired) electrons. The molecule has 2 aliphatic heterocycles. The van der Waals surface area contributed by atoms with Crippen LogP contribution in [-0.4, -0.2) is 64.8 Å². The number of carbonyl (C=O) groups excluding carboxylic acids is 2. The fourth-order valence-corrected chi connectivity index (χ4v) is 2.88. The number of amides is 2. The molecule has 3 rings (SSSR count). The van der Waals surface area contributed by atoms with Crippen molar-refractivity contribution >= 4 is 11.8 Å². The molecule has 1 saturated heterocycles. The zero-order chi connectivity index (χ0) is 16.4. The minimum Gasteiger partial charge on any atom is -0.508 e. The number of aromatic hydroxyl groups is 1. The maximum atomic E-state index is 11.6. The lowest BCUT2D eigenvalue weighted by atomic mass is 10.1. The molecule has 1 fully saturated rings. The second-order valence-electron chi connectivity index (χ2n) is 6.14. The van der Waals surface area contributed by atoms with Crippen LogP contribution in [-0.2, 0) is 22.7 Å². The average Bonchev–Trinajstić information content (AvgIpc) is 2.84. The molecule has 2 amide bonds. The number of nitrogens with zero attached hydrogens (tertiary/aromatic N) is 3. The average molecular weight is 315 g/mol. The summed E-state index contributed by atoms with van der Waals surface area (Å²) < 4.78 is 0. The molecule has 0 saturated carbocycles. The van der Waals surface area contributed by atoms with Gasteiger partial charge in [0, 0.05) is 50.4 Å². The lowest BCUT2D eigenvalue weighted by molar-refractivity contribution is -0.137. The molecular formula is C17H21N3O3. The minimum atomic E-state index is -0.288. The van der Waals surface area contributed by atoms with Crippen molar-refractivity contribution in [2.45, 2.75) is 13.1 Å². The van der Waals surface area contributed by atoms with Crippen LogP contribution in [0.3, 0.4) is 0 Å². The second kappa shape index (κ2) is 6.52. The number of rotatable bonds is 4. The van der Waals surface area contributed by atoms with E-state index in [9.17, 15) is 14.7 Å². The minimum absolute atomic E-state index is 0.237. The molecule has 2 heterocycles. The quantitative estimate of drug-likeness (QED) is 0.823. The summed E-state index contributed by atoms with van der Waals surface area (Å²) in [5, 5.41) is 10.1. The Bertz CT molecular complexity index is 630. The van der Waals surface area contributed by atoms with Gasteiger partial charge in [0.25, 0.3) is 11.8 Å². The van der Waals surface area contributed by atoms with Crippen molar-refractivity contribution in [3.63, 3.8) is 0 Å². The third-order valence-electron chi connectivity index (χ3n) is 4.37. The van der Waals surface area contributed by atoms with Gasteiger partial charge < -0.3 is 10.0 Å². The summed E-state index contributed by atoms with van der Waals surface area (Å²) in [5.41, 5.74) is 1.68. The van der Waals surface area contributed by atoms with Crippen LogP contribution >= 0.6 is 0 Å². The largest absolute Gasteiger partial charge is 0.508 e. The number of benzene rings is 1. The first-order chi connectivity index (χ1) is 11.0. The monoisotopic (exact) mass is 315 g/mol. The molecule has 2 aliphatic rings. The van der Waals surface area contributed by atoms with Gasteiger partial charge in [-0.3, -0.25) is 19.4 Å². The first kappa shape index (κ1) is 15.7. The van der Waals surface area contributed by atoms with Crippen molar-refractivity contribution in [3.8, 4) is 5.75 Å². The van der Waals surface area contributed by atoms with Crippen LogP contribution in [0.5, 0.6) is 5.75 Å². The number of phenolic OH excluding ortho intramolecular Hbond substituents is 1. The van der Waals surface area contributed by atoms with Crippen molar-refractivity contribution in [2.24, 2.45) is 0 Å². The maximum Gasteiger partial charge on any atom is 0.253 e. The van der Waals surface area contributed by atoms with E-state index in [1.807, 2.05) is 6.07 Å². The van der Waals surface area contributed by atoms with Crippen molar-refractivity contribution in [1.82, 2.24) is 14.7 Å². The molecule has 1 aromatic rings. The number of piperazine rings is 1. The first-order valence-electron chi connectivity index (χ1n) is 7.78. The Morgan fingerprint density at radius 2 is 1.65 bits per heavy atom. The van der Waals surface area contributed by atoms with Crippen LogP contribution in [0.1, 0.15) is 11.1 Å². The fourth-order valence-electron chi connectivity index (χ4n) is 2.88. The summed E-state index contributed by atoms with van der Waals surface area (Å²) in [7, 11) is 2.10. The van der Waals surface area contributed by atoms with Gasteiger partial charge in [-0.2, -0.15) is 0 Å². The summed E-state index contributed by atoms with van der Waals surface area (Å²) in [5.74, 6) is -0.322. The second-order valence-corrected chi connectivity index (χ2v) is 6.14. The number of hydrogen-bond acceptors (Lipinski definition) is 5. The van der Waals surface area contributed by atoms with Gasteiger partial charge in [0.15, 0.2) is 0 Å². The van der Waals surface area contributed by atoms with Crippen LogP contribution in [0.15, 0.2) is 30.4 Å². The van der Waals surface area contributed by atoms with E-state index in [0.29, 0.717) is 6.54 Å². The Labute approximate surface area is 135 Å². The molecule has 0 atom stereocenters. The molecule has 6 heteroatoms. The molecule has 0 spiro atoms. The third kappa shape index (κ3) is 3.60. The molecule has 23 heavy (non-hydrogen) atoms. The zero-order valence-corrected chi connectivity index (χ0v) is 13.2. The molecule has 0 bridgehead atoms. The lowest BCUT2D eigenvalue weighted by Crippen LogP contribution is -2.43. The Kier molecular flexibility index (Phi) is 4.45. The van der Waals surface area contributed by atoms with Crippen LogP contribution in [0.25, 0.3) is 0 Å². The highest BCUT2D eigenvalue weighted by atomic mass is 16.3. The van der Waals surface area contributed by atoms with E-state index in [2.05, 4.69) is 16.8 Å². The Morgan fingerprint density at radius 3 is 2.30 bits per heavy atom. The predicted octanol–water partition coefficient (Wildman–Crippen LogP) is 0.565. The molecule has 6 nitrogen and oxygen atoms in total. The van der Waals surface area contributed by atoms with Gasteiger partial charge in [-0.15, -0.1) is 0 Å². The molecule has 0 aromatic heterocycles. The van der Waals surface area contributed by atoms with Gasteiger partial charge in [0.2, 0.25) is 0 Å². The van der Waals surface area contributed by atoms with Crippen LogP contribution in [0, 0.1) is 0 Å². The topological polar surface area (TPSA) is 64.1 Å². The van der Waals surface area contributed by atoms with Crippen molar-refractivity contribution in [2.75, 3.05) is 33.2 Å². The van der Waals surface area contributed by atoms with Gasteiger partial charge in [-0.05, 0) is 24.7 Å². The summed E-state index contributed by atoms with van der Waals surface area (Å²) in [6, 6.07) is 5.27. The third-order valence-corrected chi connectivity index (χ3v) is 4.37. The molecule has 1 aromatic carbocycles. The van der Waals surface area contributed by atoms with E-state index >= 15 is 0 Å². The summed E-state index contributed by atoms with van der Waals surface area (Å²) in [6.45, 7) is 4.88. The highest BCUT2D eigenvalue weighted by molar-refractivity contribution is 6.12. The molecule has 0 aliphatic carbocycles. The molecule has 1 N–H and O–H groups in total. The van der Waals surface area contributed by atoms with Crippen LogP contribution < -0.4 is 0 Å². The number of imide groups is 1. The number of hydrogen-bond donors (Lipinski definition) is 1. The standard InChI is InChI=1S/C17H21N3O3/c1-18-6-8-19(9-7-18)12-14-10-13(2-3-15(14)21)11-20-16(22)4-5-17(20)23/h2-5,10,21H,6-9,11-12H2,1H3. The molecule has 122 valence electrons. The maximum absolute atomic E-state index is 11.6. The van der Waals surface area contributed by atoms with E-state index in [0.717, 1.165) is 37.3 Å². The van der Waals surface area contributed by atoms with Gasteiger partial charge in [0.05, 0.1) is 6.54 Å². The highest BCUT2D eigenvalue weighted by Crippen LogP contribution is 2.22. The Balaban J connectivity index is 1.69. The van der Waals surface area contributed by atoms with Gasteiger partial charge in [-0.25, -0.2) is 0 Å². The van der Waals surface area contributed by atoms with E-state index in [1.165, 1.54) is 17.1 Å². The van der Waals surface area contributed by atoms with Crippen molar-refractivity contribution in [3.05, 3.63) is 41.5 Å². The number of phenols is 1. The van der Waals surface area contributed by atoms with E-state index in [1.54, 1.807) is 12.1 Å². The normalized spacial score (nSPS) is 19.8. The van der Waals surface area contributed by atoms with Crippen molar-refractivity contribution < 1.29 is 14.7 Å². The number of carbonyl (C=O) groups is 2. The lowest BCUT2D eigenvalue weighted by Gasteiger charge is -2.32. The van der Waals surface area contributed by atoms with E-state index < -0.39 is 0 Å². The van der Waals surface area contributed by atoms with E-state index in [-0.39, 0.29) is 24.1 Å². The summed E-state index contributed by atoms with van der Waals surface area (Å²) >= 11 is 0. The van der Waals surface area contributed by atoms with Gasteiger partial charge >= 0.3 is 0 Å². The SMILES string of the molecule is CN1CCN(Cc2cc(CN3C(=O)C=CC3=O)ccc2O)CC1. The summed E-state index contributed by atoms with van der Waals surface area (Å²) in [6.07, 6.45) is 2.57. The molecular weight excluding hydrogens is 294 g/mol. The number of likely N-dealkylation sites (N-methyl/N-ethyl adjacent to an activating group) is 1. The van der Waals surface area contributed by atoms with Crippen molar-refractivity contribution in [1.29, 1.82) is 0 Å². The van der Waals surface area contributed by atoms with Gasteiger partial charge in [-0.1, -0.05) is 6.07 Å². The van der Waals surface area contributed by atoms with Crippen LogP contribution in [0.4, 0.5) is 0 Å². The Hall–Kier alpha value is -2.18. The van der Waals surface area contributed by atoms with Gasteiger partial charge in [0.1, 0.15) is 5.75 Å². The fraction of sp³-hybridized carbons (Fsp3) is 0.412. The zero-order valence-electron chi connectivity index (χ0n) is 13.2. The van der Waals surface area contributed by atoms with Crippen LogP contribution in [0.2, 0.25) is 0 Å². The first-order valence-corrected chi connectivity index (χ1v) is 7.78. The predicted molar refractivity (Wildman–Crippen MR) is 85.6 cm³/mol. The highest BCUT2D eigenvalue weighted by Gasteiger charge is 2.23. The van der Waals surface area contributed by atoms with E-state index in [4.69, 9.17) is 0 Å².